The van der Waals surface area contributed by atoms with Crippen molar-refractivity contribution in [3.8, 4) is 0 Å². The van der Waals surface area contributed by atoms with Crippen LogP contribution in [-0.4, -0.2) is 12.6 Å². The van der Waals surface area contributed by atoms with E-state index in [-0.39, 0.29) is 5.97 Å². The first-order valence-corrected chi connectivity index (χ1v) is 5.27. The number of carbonyl (C=O) groups excluding carboxylic acids is 1. The van der Waals surface area contributed by atoms with Gasteiger partial charge in [0.15, 0.2) is 0 Å². The summed E-state index contributed by atoms with van der Waals surface area (Å²) in [5.74, 6) is -0.229. The molecule has 1 heterocycles. The summed E-state index contributed by atoms with van der Waals surface area (Å²) in [5, 5.41) is 0. The Labute approximate surface area is 83.7 Å². The first-order chi connectivity index (χ1) is 5.74. The minimum absolute atomic E-state index is 0.229. The Morgan fingerprint density at radius 3 is 2.92 bits per heavy atom. The van der Waals surface area contributed by atoms with Crippen molar-refractivity contribution in [3.05, 3.63) is 20.8 Å². The minimum Gasteiger partial charge on any atom is -0.462 e. The van der Waals surface area contributed by atoms with Crippen molar-refractivity contribution in [2.75, 3.05) is 6.61 Å². The molecule has 0 aliphatic heterocycles. The van der Waals surface area contributed by atoms with Crippen molar-refractivity contribution in [2.45, 2.75) is 13.3 Å². The van der Waals surface area contributed by atoms with Gasteiger partial charge in [0.25, 0.3) is 0 Å². The molecule has 1 aromatic rings. The van der Waals surface area contributed by atoms with Crippen LogP contribution in [0.5, 0.6) is 0 Å². The number of rotatable bonds is 3. The molecule has 66 valence electrons. The molecule has 0 saturated heterocycles. The average molecular weight is 249 g/mol. The predicted molar refractivity (Wildman–Crippen MR) is 52.6 cm³/mol. The largest absolute Gasteiger partial charge is 0.462 e. The summed E-state index contributed by atoms with van der Waals surface area (Å²) in [6.07, 6.45) is 0.859. The summed E-state index contributed by atoms with van der Waals surface area (Å²) in [7, 11) is 0. The number of carbonyl (C=O) groups is 1. The van der Waals surface area contributed by atoms with Gasteiger partial charge in [-0.05, 0) is 34.5 Å². The van der Waals surface area contributed by atoms with Crippen LogP contribution in [0.25, 0.3) is 0 Å². The normalized spacial score (nSPS) is 9.83. The summed E-state index contributed by atoms with van der Waals surface area (Å²) in [5.41, 5.74) is 0. The van der Waals surface area contributed by atoms with Gasteiger partial charge in [0.2, 0.25) is 0 Å². The highest BCUT2D eigenvalue weighted by Crippen LogP contribution is 2.22. The zero-order valence-corrected chi connectivity index (χ0v) is 9.07. The lowest BCUT2D eigenvalue weighted by Crippen LogP contribution is -2.03. The molecule has 0 fully saturated rings. The number of hydrogen-bond acceptors (Lipinski definition) is 3. The van der Waals surface area contributed by atoms with Crippen LogP contribution in [0.15, 0.2) is 15.9 Å². The number of halogens is 1. The van der Waals surface area contributed by atoms with Gasteiger partial charge in [-0.1, -0.05) is 6.92 Å². The second-order valence-electron chi connectivity index (χ2n) is 2.24. The molecule has 0 aliphatic rings. The zero-order chi connectivity index (χ0) is 8.97. The fourth-order valence-electron chi connectivity index (χ4n) is 0.690. The van der Waals surface area contributed by atoms with Crippen molar-refractivity contribution < 1.29 is 9.53 Å². The van der Waals surface area contributed by atoms with Gasteiger partial charge in [0, 0.05) is 0 Å². The van der Waals surface area contributed by atoms with Crippen LogP contribution in [0, 0.1) is 0 Å². The maximum Gasteiger partial charge on any atom is 0.348 e. The van der Waals surface area contributed by atoms with Crippen LogP contribution in [-0.2, 0) is 4.74 Å². The van der Waals surface area contributed by atoms with E-state index in [2.05, 4.69) is 15.9 Å². The van der Waals surface area contributed by atoms with E-state index in [1.54, 1.807) is 6.07 Å². The van der Waals surface area contributed by atoms with E-state index < -0.39 is 0 Å². The molecule has 4 heteroatoms. The van der Waals surface area contributed by atoms with Gasteiger partial charge < -0.3 is 4.74 Å². The Hall–Kier alpha value is -0.350. The highest BCUT2D eigenvalue weighted by Gasteiger charge is 2.08. The summed E-state index contributed by atoms with van der Waals surface area (Å²) >= 11 is 4.67. The van der Waals surface area contributed by atoms with E-state index in [9.17, 15) is 4.79 Å². The fourth-order valence-corrected chi connectivity index (χ4v) is 1.97. The molecular weight excluding hydrogens is 240 g/mol. The second kappa shape index (κ2) is 4.62. The first-order valence-electron chi connectivity index (χ1n) is 3.66. The van der Waals surface area contributed by atoms with Crippen LogP contribution in [0.4, 0.5) is 0 Å². The van der Waals surface area contributed by atoms with Crippen LogP contribution < -0.4 is 0 Å². The van der Waals surface area contributed by atoms with E-state index in [1.165, 1.54) is 11.3 Å². The third-order valence-electron chi connectivity index (χ3n) is 1.21. The number of thiophene rings is 1. The molecule has 0 atom stereocenters. The van der Waals surface area contributed by atoms with Gasteiger partial charge in [0.05, 0.1) is 10.4 Å². The minimum atomic E-state index is -0.229. The van der Waals surface area contributed by atoms with Crippen LogP contribution in [0.1, 0.15) is 23.0 Å². The van der Waals surface area contributed by atoms with Gasteiger partial charge in [-0.2, -0.15) is 0 Å². The summed E-state index contributed by atoms with van der Waals surface area (Å²) in [4.78, 5) is 11.8. The van der Waals surface area contributed by atoms with E-state index in [1.807, 2.05) is 13.0 Å². The molecule has 0 aliphatic carbocycles. The molecule has 0 bridgehead atoms. The Morgan fingerprint density at radius 2 is 2.42 bits per heavy atom. The van der Waals surface area contributed by atoms with Crippen molar-refractivity contribution in [2.24, 2.45) is 0 Å². The first kappa shape index (κ1) is 9.74. The summed E-state index contributed by atoms with van der Waals surface area (Å²) < 4.78 is 5.89. The van der Waals surface area contributed by atoms with Gasteiger partial charge in [-0.3, -0.25) is 0 Å². The molecule has 0 N–H and O–H groups in total. The summed E-state index contributed by atoms with van der Waals surface area (Å²) in [6.45, 7) is 2.46. The maximum absolute atomic E-state index is 11.2. The average Bonchev–Trinajstić information content (AvgIpc) is 2.47. The molecule has 0 aromatic carbocycles. The molecule has 2 nitrogen and oxygen atoms in total. The molecule has 12 heavy (non-hydrogen) atoms. The van der Waals surface area contributed by atoms with E-state index in [0.717, 1.165) is 10.2 Å². The second-order valence-corrected chi connectivity index (χ2v) is 4.70. The molecule has 1 rings (SSSR count). The van der Waals surface area contributed by atoms with Crippen molar-refractivity contribution in [1.29, 1.82) is 0 Å². The van der Waals surface area contributed by atoms with Crippen molar-refractivity contribution in [1.82, 2.24) is 0 Å². The lowest BCUT2D eigenvalue weighted by Gasteiger charge is -1.98. The Balaban J connectivity index is 2.53. The van der Waals surface area contributed by atoms with Gasteiger partial charge >= 0.3 is 5.97 Å². The third kappa shape index (κ3) is 2.60. The summed E-state index contributed by atoms with van der Waals surface area (Å²) in [6, 6.07) is 3.60. The molecule has 1 aromatic heterocycles. The Morgan fingerprint density at radius 1 is 1.67 bits per heavy atom. The van der Waals surface area contributed by atoms with Crippen LogP contribution in [0.3, 0.4) is 0 Å². The molecule has 0 saturated carbocycles. The van der Waals surface area contributed by atoms with Gasteiger partial charge in [-0.15, -0.1) is 11.3 Å². The third-order valence-corrected chi connectivity index (χ3v) is 2.82. The Kier molecular flexibility index (Phi) is 3.75. The lowest BCUT2D eigenvalue weighted by molar-refractivity contribution is 0.0511. The van der Waals surface area contributed by atoms with Crippen LogP contribution in [0.2, 0.25) is 0 Å². The van der Waals surface area contributed by atoms with E-state index in [0.29, 0.717) is 11.5 Å². The maximum atomic E-state index is 11.2. The quantitative estimate of drug-likeness (QED) is 0.769. The van der Waals surface area contributed by atoms with Crippen LogP contribution >= 0.6 is 27.3 Å². The predicted octanol–water partition coefficient (Wildman–Crippen LogP) is 3.08. The van der Waals surface area contributed by atoms with Gasteiger partial charge in [0.1, 0.15) is 4.88 Å². The highest BCUT2D eigenvalue weighted by atomic mass is 79.9. The lowest BCUT2D eigenvalue weighted by atomic mass is 10.5. The molecule has 0 unspecified atom stereocenters. The molecule has 0 amide bonds. The monoisotopic (exact) mass is 248 g/mol. The molecule has 0 spiro atoms. The molecule has 0 radical (unpaired) electrons. The SMILES string of the molecule is CCCOC(=O)c1ccc(Br)s1. The molecular formula is C8H9BrO2S. The topological polar surface area (TPSA) is 26.3 Å². The number of ether oxygens (including phenoxy) is 1. The number of esters is 1. The van der Waals surface area contributed by atoms with E-state index in [4.69, 9.17) is 4.74 Å². The number of hydrogen-bond donors (Lipinski definition) is 0. The van der Waals surface area contributed by atoms with Crippen molar-refractivity contribution >= 4 is 33.2 Å². The zero-order valence-electron chi connectivity index (χ0n) is 6.67. The van der Waals surface area contributed by atoms with Gasteiger partial charge in [-0.25, -0.2) is 4.79 Å². The Bertz CT molecular complexity index is 270. The smallest absolute Gasteiger partial charge is 0.348 e. The highest BCUT2D eigenvalue weighted by molar-refractivity contribution is 9.11. The fraction of sp³-hybridized carbons (Fsp3) is 0.375. The van der Waals surface area contributed by atoms with E-state index >= 15 is 0 Å². The standard InChI is InChI=1S/C8H9BrO2S/c1-2-5-11-8(10)6-3-4-7(9)12-6/h3-4H,2,5H2,1H3. The van der Waals surface area contributed by atoms with Crippen molar-refractivity contribution in [3.63, 3.8) is 0 Å².